The molecule has 0 fully saturated rings. The van der Waals surface area contributed by atoms with Crippen LogP contribution in [0.3, 0.4) is 0 Å². The number of aryl methyl sites for hydroxylation is 1. The molecule has 0 saturated carbocycles. The van der Waals surface area contributed by atoms with Gasteiger partial charge in [-0.05, 0) is 43.4 Å². The Morgan fingerprint density at radius 1 is 1.23 bits per heavy atom. The largest absolute Gasteiger partial charge is 0.325 e. The van der Waals surface area contributed by atoms with Crippen molar-refractivity contribution in [3.63, 3.8) is 0 Å². The second kappa shape index (κ2) is 8.39. The van der Waals surface area contributed by atoms with Crippen LogP contribution in [0.15, 0.2) is 29.2 Å². The Balaban J connectivity index is 1.67. The fourth-order valence-electron chi connectivity index (χ4n) is 2.96. The third kappa shape index (κ3) is 4.26. The highest BCUT2D eigenvalue weighted by atomic mass is 32.2. The van der Waals surface area contributed by atoms with E-state index in [0.29, 0.717) is 16.3 Å². The number of fused-ring (bicyclic) bond motifs is 1. The van der Waals surface area contributed by atoms with E-state index in [-0.39, 0.29) is 17.6 Å². The Bertz CT molecular complexity index is 883. The van der Waals surface area contributed by atoms with Gasteiger partial charge in [0.05, 0.1) is 17.0 Å². The van der Waals surface area contributed by atoms with Gasteiger partial charge in [-0.25, -0.2) is 0 Å². The number of hydrogen-bond donors (Lipinski definition) is 2. The number of para-hydroxylation sites is 1. The maximum absolute atomic E-state index is 12.4. The van der Waals surface area contributed by atoms with Crippen LogP contribution in [0, 0.1) is 11.3 Å². The summed E-state index contributed by atoms with van der Waals surface area (Å²) in [5, 5.41) is 15.8. The van der Waals surface area contributed by atoms with Crippen molar-refractivity contribution in [3.05, 3.63) is 40.3 Å². The lowest BCUT2D eigenvalue weighted by Gasteiger charge is -2.10. The van der Waals surface area contributed by atoms with Crippen LogP contribution < -0.4 is 10.6 Å². The Kier molecular flexibility index (Phi) is 5.96. The average Bonchev–Trinajstić information content (AvgIpc) is 2.97. The number of nitrogens with one attached hydrogen (secondary N) is 2. The second-order valence-electron chi connectivity index (χ2n) is 6.04. The quantitative estimate of drug-likeness (QED) is 0.756. The van der Waals surface area contributed by atoms with Gasteiger partial charge in [-0.15, -0.1) is 23.1 Å². The van der Waals surface area contributed by atoms with Gasteiger partial charge in [0.2, 0.25) is 11.8 Å². The summed E-state index contributed by atoms with van der Waals surface area (Å²) in [6.07, 6.45) is 4.15. The molecule has 7 heteroatoms. The van der Waals surface area contributed by atoms with Crippen molar-refractivity contribution in [1.82, 2.24) is 0 Å². The first-order valence-corrected chi connectivity index (χ1v) is 10.2. The van der Waals surface area contributed by atoms with Gasteiger partial charge in [-0.3, -0.25) is 9.59 Å². The fourth-order valence-corrected chi connectivity index (χ4v) is 5.03. The van der Waals surface area contributed by atoms with Crippen molar-refractivity contribution < 1.29 is 9.59 Å². The van der Waals surface area contributed by atoms with Crippen LogP contribution in [0.5, 0.6) is 0 Å². The van der Waals surface area contributed by atoms with E-state index in [4.69, 9.17) is 0 Å². The third-order valence-corrected chi connectivity index (χ3v) is 6.37. The van der Waals surface area contributed by atoms with Crippen LogP contribution in [0.1, 0.15) is 35.8 Å². The molecule has 0 unspecified atom stereocenters. The van der Waals surface area contributed by atoms with E-state index in [1.54, 1.807) is 0 Å². The number of thioether (sulfide) groups is 1. The smallest absolute Gasteiger partial charge is 0.235 e. The summed E-state index contributed by atoms with van der Waals surface area (Å²) in [5.74, 6) is -0.0858. The predicted molar refractivity (Wildman–Crippen MR) is 106 cm³/mol. The number of carbonyl (C=O) groups is 2. The topological polar surface area (TPSA) is 82.0 Å². The maximum Gasteiger partial charge on any atom is 0.235 e. The van der Waals surface area contributed by atoms with Crippen molar-refractivity contribution in [2.45, 2.75) is 37.5 Å². The number of benzene rings is 1. The summed E-state index contributed by atoms with van der Waals surface area (Å²) in [6, 6.07) is 9.64. The summed E-state index contributed by atoms with van der Waals surface area (Å²) in [4.78, 5) is 25.7. The highest BCUT2D eigenvalue weighted by Gasteiger charge is 2.21. The Morgan fingerprint density at radius 3 is 2.77 bits per heavy atom. The number of rotatable bonds is 5. The minimum Gasteiger partial charge on any atom is -0.325 e. The zero-order chi connectivity index (χ0) is 18.5. The number of carbonyl (C=O) groups excluding carboxylic acids is 2. The molecule has 2 amide bonds. The minimum absolute atomic E-state index is 0.148. The summed E-state index contributed by atoms with van der Waals surface area (Å²) in [7, 11) is 0. The molecule has 0 aliphatic heterocycles. The van der Waals surface area contributed by atoms with Gasteiger partial charge >= 0.3 is 0 Å². The maximum atomic E-state index is 12.4. The normalized spacial score (nSPS) is 12.8. The summed E-state index contributed by atoms with van der Waals surface area (Å²) >= 11 is 2.89. The second-order valence-corrected chi connectivity index (χ2v) is 8.16. The zero-order valence-corrected chi connectivity index (χ0v) is 16.1. The van der Waals surface area contributed by atoms with E-state index in [1.807, 2.05) is 24.3 Å². The molecule has 1 aromatic carbocycles. The first-order valence-electron chi connectivity index (χ1n) is 8.42. The van der Waals surface area contributed by atoms with E-state index >= 15 is 0 Å². The van der Waals surface area contributed by atoms with E-state index in [9.17, 15) is 14.9 Å². The number of hydrogen-bond acceptors (Lipinski definition) is 5. The van der Waals surface area contributed by atoms with Crippen molar-refractivity contribution in [2.24, 2.45) is 0 Å². The number of thiophene rings is 1. The monoisotopic (exact) mass is 385 g/mol. The lowest BCUT2D eigenvalue weighted by molar-refractivity contribution is -0.114. The molecule has 26 heavy (non-hydrogen) atoms. The third-order valence-electron chi connectivity index (χ3n) is 4.09. The molecule has 5 nitrogen and oxygen atoms in total. The first-order chi connectivity index (χ1) is 12.6. The molecule has 1 aliphatic carbocycles. The molecule has 1 heterocycles. The Morgan fingerprint density at radius 2 is 2.00 bits per heavy atom. The Hall–Kier alpha value is -2.30. The molecule has 2 aromatic rings. The lowest BCUT2D eigenvalue weighted by atomic mass is 9.96. The SMILES string of the molecule is CC(=O)Nc1ccccc1SCC(=O)Nc1sc2c(c1C#N)CCCC2. The minimum atomic E-state index is -0.150. The first kappa shape index (κ1) is 18.5. The molecule has 134 valence electrons. The molecule has 0 saturated heterocycles. The van der Waals surface area contributed by atoms with E-state index in [2.05, 4.69) is 16.7 Å². The number of nitriles is 1. The van der Waals surface area contributed by atoms with Crippen LogP contribution >= 0.6 is 23.1 Å². The van der Waals surface area contributed by atoms with Crippen molar-refractivity contribution in [2.75, 3.05) is 16.4 Å². The zero-order valence-electron chi connectivity index (χ0n) is 14.4. The van der Waals surface area contributed by atoms with Gasteiger partial charge in [0.1, 0.15) is 11.1 Å². The molecule has 0 radical (unpaired) electrons. The van der Waals surface area contributed by atoms with Crippen LogP contribution in [0.25, 0.3) is 0 Å². The van der Waals surface area contributed by atoms with E-state index in [1.165, 1.54) is 34.9 Å². The van der Waals surface area contributed by atoms with Gasteiger partial charge in [0.15, 0.2) is 0 Å². The van der Waals surface area contributed by atoms with Gasteiger partial charge in [0, 0.05) is 16.7 Å². The Labute approximate surface area is 160 Å². The average molecular weight is 386 g/mol. The fraction of sp³-hybridized carbons (Fsp3) is 0.316. The van der Waals surface area contributed by atoms with Gasteiger partial charge < -0.3 is 10.6 Å². The van der Waals surface area contributed by atoms with E-state index in [0.717, 1.165) is 36.1 Å². The number of anilines is 2. The number of nitrogens with zero attached hydrogens (tertiary/aromatic N) is 1. The van der Waals surface area contributed by atoms with Crippen LogP contribution in [-0.2, 0) is 22.4 Å². The van der Waals surface area contributed by atoms with Crippen molar-refractivity contribution in [3.8, 4) is 6.07 Å². The molecule has 0 bridgehead atoms. The van der Waals surface area contributed by atoms with Crippen LogP contribution in [0.4, 0.5) is 10.7 Å². The van der Waals surface area contributed by atoms with Crippen LogP contribution in [0.2, 0.25) is 0 Å². The highest BCUT2D eigenvalue weighted by molar-refractivity contribution is 8.00. The molecule has 1 aliphatic rings. The van der Waals surface area contributed by atoms with Gasteiger partial charge in [0.25, 0.3) is 0 Å². The van der Waals surface area contributed by atoms with Crippen LogP contribution in [-0.4, -0.2) is 17.6 Å². The van der Waals surface area contributed by atoms with Crippen molar-refractivity contribution in [1.29, 1.82) is 5.26 Å². The molecular weight excluding hydrogens is 366 g/mol. The number of amides is 2. The van der Waals surface area contributed by atoms with E-state index < -0.39 is 0 Å². The predicted octanol–water partition coefficient (Wildman–Crippen LogP) is 4.19. The molecule has 0 atom stereocenters. The molecular formula is C19H19N3O2S2. The summed E-state index contributed by atoms with van der Waals surface area (Å²) in [6.45, 7) is 1.45. The molecule has 3 rings (SSSR count). The molecule has 1 aromatic heterocycles. The van der Waals surface area contributed by atoms with Crippen molar-refractivity contribution >= 4 is 45.6 Å². The van der Waals surface area contributed by atoms with Gasteiger partial charge in [-0.1, -0.05) is 12.1 Å². The summed E-state index contributed by atoms with van der Waals surface area (Å²) < 4.78 is 0. The lowest BCUT2D eigenvalue weighted by Crippen LogP contribution is -2.14. The standard InChI is InChI=1S/C19H19N3O2S2/c1-12(23)21-15-7-3-5-9-17(15)25-11-18(24)22-19-14(10-20)13-6-2-4-8-16(13)26-19/h3,5,7,9H,2,4,6,8,11H2,1H3,(H,21,23)(H,22,24). The molecule has 0 spiro atoms. The summed E-state index contributed by atoms with van der Waals surface area (Å²) in [5.41, 5.74) is 2.44. The highest BCUT2D eigenvalue weighted by Crippen LogP contribution is 2.37. The molecule has 2 N–H and O–H groups in total. The van der Waals surface area contributed by atoms with Gasteiger partial charge in [-0.2, -0.15) is 5.26 Å².